The van der Waals surface area contributed by atoms with E-state index in [1.54, 1.807) is 19.9 Å². The highest BCUT2D eigenvalue weighted by atomic mass is 16.6. The van der Waals surface area contributed by atoms with Crippen molar-refractivity contribution in [1.82, 2.24) is 5.32 Å². The zero-order valence-electron chi connectivity index (χ0n) is 14.8. The summed E-state index contributed by atoms with van der Waals surface area (Å²) in [7, 11) is 1.31. The summed E-state index contributed by atoms with van der Waals surface area (Å²) in [6.45, 7) is 9.22. The topological polar surface area (TPSA) is 90.9 Å². The zero-order chi connectivity index (χ0) is 18.3. The summed E-state index contributed by atoms with van der Waals surface area (Å²) in [5, 5.41) is 3.14. The van der Waals surface area contributed by atoms with E-state index in [2.05, 4.69) is 11.9 Å². The van der Waals surface area contributed by atoms with Crippen LogP contribution in [0.2, 0.25) is 0 Å². The van der Waals surface area contributed by atoms with E-state index in [-0.39, 0.29) is 19.1 Å². The fourth-order valence-electron chi connectivity index (χ4n) is 3.09. The van der Waals surface area contributed by atoms with Crippen LogP contribution in [0.25, 0.3) is 0 Å². The van der Waals surface area contributed by atoms with Gasteiger partial charge in [0.15, 0.2) is 5.92 Å². The van der Waals surface area contributed by atoms with E-state index in [0.717, 1.165) is 0 Å². The molecule has 0 bridgehead atoms. The molecule has 7 nitrogen and oxygen atoms in total. The van der Waals surface area contributed by atoms with Gasteiger partial charge < -0.3 is 14.2 Å². The van der Waals surface area contributed by atoms with Gasteiger partial charge in [-0.05, 0) is 26.7 Å². The fraction of sp³-hybridized carbons (Fsp3) is 0.706. The van der Waals surface area contributed by atoms with Gasteiger partial charge >= 0.3 is 17.9 Å². The molecule has 3 atom stereocenters. The van der Waals surface area contributed by atoms with Crippen LogP contribution in [0.15, 0.2) is 12.7 Å². The Hall–Kier alpha value is -1.89. The quantitative estimate of drug-likeness (QED) is 0.307. The predicted octanol–water partition coefficient (Wildman–Crippen LogP) is 1.21. The largest absolute Gasteiger partial charge is 0.468 e. The van der Waals surface area contributed by atoms with Gasteiger partial charge in [0, 0.05) is 12.0 Å². The fourth-order valence-corrected chi connectivity index (χ4v) is 3.09. The van der Waals surface area contributed by atoms with Crippen LogP contribution in [-0.4, -0.2) is 49.8 Å². The van der Waals surface area contributed by atoms with Crippen LogP contribution in [0, 0.1) is 11.8 Å². The molecule has 24 heavy (non-hydrogen) atoms. The average Bonchev–Trinajstić information content (AvgIpc) is 3.00. The van der Waals surface area contributed by atoms with Gasteiger partial charge in [-0.3, -0.25) is 19.7 Å². The molecule has 0 aromatic heterocycles. The molecule has 1 saturated heterocycles. The number of methoxy groups -OCH3 is 1. The van der Waals surface area contributed by atoms with Gasteiger partial charge in [0.2, 0.25) is 0 Å². The molecule has 0 aromatic rings. The monoisotopic (exact) mass is 341 g/mol. The van der Waals surface area contributed by atoms with Crippen molar-refractivity contribution in [2.45, 2.75) is 45.2 Å². The molecular weight excluding hydrogens is 314 g/mol. The second-order valence-electron chi connectivity index (χ2n) is 5.76. The van der Waals surface area contributed by atoms with Crippen molar-refractivity contribution < 1.29 is 28.6 Å². The van der Waals surface area contributed by atoms with Gasteiger partial charge in [0.05, 0.1) is 20.3 Å². The summed E-state index contributed by atoms with van der Waals surface area (Å²) in [5.41, 5.74) is -1.02. The summed E-state index contributed by atoms with van der Waals surface area (Å²) in [5.74, 6) is -3.10. The first-order valence-electron chi connectivity index (χ1n) is 8.19. The normalized spacial score (nSPS) is 24.3. The molecule has 1 rings (SSSR count). The van der Waals surface area contributed by atoms with Crippen LogP contribution in [0.1, 0.15) is 33.6 Å². The SMILES string of the molecule is C=C[C@H](C)[C@@]1(C(=O)OC)CC[C@@H](C(C(=O)OCC)C(=O)OCC)N1. The lowest BCUT2D eigenvalue weighted by Gasteiger charge is -2.32. The number of rotatable bonds is 8. The van der Waals surface area contributed by atoms with Crippen LogP contribution in [0.3, 0.4) is 0 Å². The van der Waals surface area contributed by atoms with Crippen molar-refractivity contribution in [3.05, 3.63) is 12.7 Å². The number of esters is 3. The Morgan fingerprint density at radius 2 is 1.79 bits per heavy atom. The van der Waals surface area contributed by atoms with E-state index in [1.165, 1.54) is 7.11 Å². The van der Waals surface area contributed by atoms with Crippen molar-refractivity contribution in [3.8, 4) is 0 Å². The summed E-state index contributed by atoms with van der Waals surface area (Å²) in [6, 6.07) is -0.565. The molecule has 7 heteroatoms. The molecule has 1 fully saturated rings. The number of nitrogens with one attached hydrogen (secondary N) is 1. The van der Waals surface area contributed by atoms with Crippen molar-refractivity contribution in [2.24, 2.45) is 11.8 Å². The molecule has 0 spiro atoms. The van der Waals surface area contributed by atoms with E-state index in [9.17, 15) is 14.4 Å². The molecule has 0 radical (unpaired) electrons. The molecular formula is C17H27NO6. The minimum Gasteiger partial charge on any atom is -0.468 e. The molecule has 1 N–H and O–H groups in total. The number of carbonyl (C=O) groups is 3. The Morgan fingerprint density at radius 1 is 1.25 bits per heavy atom. The number of hydrogen-bond acceptors (Lipinski definition) is 7. The van der Waals surface area contributed by atoms with Gasteiger partial charge in [-0.2, -0.15) is 0 Å². The van der Waals surface area contributed by atoms with E-state index < -0.39 is 35.4 Å². The smallest absolute Gasteiger partial charge is 0.326 e. The van der Waals surface area contributed by atoms with Crippen LogP contribution in [-0.2, 0) is 28.6 Å². The molecule has 1 aliphatic heterocycles. The van der Waals surface area contributed by atoms with Crippen LogP contribution >= 0.6 is 0 Å². The Kier molecular flexibility index (Phi) is 7.41. The first-order valence-corrected chi connectivity index (χ1v) is 8.19. The minimum absolute atomic E-state index is 0.159. The van der Waals surface area contributed by atoms with Crippen LogP contribution < -0.4 is 5.32 Å². The maximum Gasteiger partial charge on any atom is 0.326 e. The maximum absolute atomic E-state index is 12.3. The second kappa shape index (κ2) is 8.82. The second-order valence-corrected chi connectivity index (χ2v) is 5.76. The first-order chi connectivity index (χ1) is 11.4. The third kappa shape index (κ3) is 3.95. The maximum atomic E-state index is 12.3. The molecule has 136 valence electrons. The highest BCUT2D eigenvalue weighted by Crippen LogP contribution is 2.35. The minimum atomic E-state index is -1.12. The lowest BCUT2D eigenvalue weighted by Crippen LogP contribution is -2.57. The van der Waals surface area contributed by atoms with Crippen LogP contribution in [0.4, 0.5) is 0 Å². The average molecular weight is 341 g/mol. The number of carbonyl (C=O) groups excluding carboxylic acids is 3. The van der Waals surface area contributed by atoms with Gasteiger partial charge in [-0.1, -0.05) is 13.0 Å². The molecule has 0 unspecified atom stereocenters. The highest BCUT2D eigenvalue weighted by molar-refractivity contribution is 5.96. The third-order valence-corrected chi connectivity index (χ3v) is 4.46. The van der Waals surface area contributed by atoms with Crippen molar-refractivity contribution in [2.75, 3.05) is 20.3 Å². The summed E-state index contributed by atoms with van der Waals surface area (Å²) in [4.78, 5) is 36.8. The van der Waals surface area contributed by atoms with E-state index in [0.29, 0.717) is 12.8 Å². The van der Waals surface area contributed by atoms with Crippen molar-refractivity contribution in [3.63, 3.8) is 0 Å². The Morgan fingerprint density at radius 3 is 2.21 bits per heavy atom. The van der Waals surface area contributed by atoms with Gasteiger partial charge in [0.25, 0.3) is 0 Å². The molecule has 1 heterocycles. The zero-order valence-corrected chi connectivity index (χ0v) is 14.8. The first kappa shape index (κ1) is 20.2. The molecule has 0 amide bonds. The van der Waals surface area contributed by atoms with E-state index in [4.69, 9.17) is 14.2 Å². The Labute approximate surface area is 142 Å². The summed E-state index contributed by atoms with van der Waals surface area (Å²) in [6.07, 6.45) is 2.51. The van der Waals surface area contributed by atoms with Gasteiger partial charge in [-0.15, -0.1) is 6.58 Å². The Balaban J connectivity index is 3.09. The van der Waals surface area contributed by atoms with E-state index >= 15 is 0 Å². The predicted molar refractivity (Wildman–Crippen MR) is 87.0 cm³/mol. The summed E-state index contributed by atoms with van der Waals surface area (Å²) >= 11 is 0. The standard InChI is InChI=1S/C17H27NO6/c1-6-11(4)17(16(21)22-5)10-9-12(18-17)13(14(19)23-7-2)15(20)24-8-3/h6,11-13,18H,1,7-10H2,2-5H3/t11-,12-,17+/m0/s1. The molecule has 0 aromatic carbocycles. The van der Waals surface area contributed by atoms with Gasteiger partial charge in [0.1, 0.15) is 5.54 Å². The van der Waals surface area contributed by atoms with Crippen LogP contribution in [0.5, 0.6) is 0 Å². The number of ether oxygens (including phenoxy) is 3. The van der Waals surface area contributed by atoms with E-state index in [1.807, 2.05) is 6.92 Å². The van der Waals surface area contributed by atoms with Crippen molar-refractivity contribution >= 4 is 17.9 Å². The lowest BCUT2D eigenvalue weighted by atomic mass is 9.84. The molecule has 0 aliphatic carbocycles. The Bertz CT molecular complexity index is 473. The summed E-state index contributed by atoms with van der Waals surface area (Å²) < 4.78 is 14.9. The molecule has 0 saturated carbocycles. The van der Waals surface area contributed by atoms with Gasteiger partial charge in [-0.25, -0.2) is 0 Å². The van der Waals surface area contributed by atoms with Crippen molar-refractivity contribution in [1.29, 1.82) is 0 Å². The highest BCUT2D eigenvalue weighted by Gasteiger charge is 2.53. The molecule has 1 aliphatic rings. The lowest BCUT2D eigenvalue weighted by molar-refractivity contribution is -0.163. The third-order valence-electron chi connectivity index (χ3n) is 4.46. The number of hydrogen-bond donors (Lipinski definition) is 1.